The average Bonchev–Trinajstić information content (AvgIpc) is 3.39. The lowest BCUT2D eigenvalue weighted by atomic mass is 10.1. The molecule has 0 spiro atoms. The highest BCUT2D eigenvalue weighted by atomic mass is 19.4. The number of piperazine rings is 1. The second-order valence-electron chi connectivity index (χ2n) is 7.43. The number of aryl methyl sites for hydroxylation is 1. The van der Waals surface area contributed by atoms with Crippen LogP contribution in [0.4, 0.5) is 13.2 Å². The zero-order valence-corrected chi connectivity index (χ0v) is 16.8. The number of carbonyl (C=O) groups is 1. The maximum Gasteiger partial charge on any atom is 0.435 e. The summed E-state index contributed by atoms with van der Waals surface area (Å²) in [6.07, 6.45) is -3.35. The zero-order chi connectivity index (χ0) is 22.0. The number of amides is 1. The van der Waals surface area contributed by atoms with E-state index in [4.69, 9.17) is 4.52 Å². The Morgan fingerprint density at radius 1 is 1.10 bits per heavy atom. The van der Waals surface area contributed by atoms with E-state index in [0.29, 0.717) is 44.4 Å². The van der Waals surface area contributed by atoms with Crippen LogP contribution in [0.5, 0.6) is 0 Å². The highest BCUT2D eigenvalue weighted by Gasteiger charge is 2.34. The van der Waals surface area contributed by atoms with Crippen molar-refractivity contribution in [3.63, 3.8) is 0 Å². The van der Waals surface area contributed by atoms with Crippen LogP contribution in [0.15, 0.2) is 41.1 Å². The number of rotatable bonds is 5. The van der Waals surface area contributed by atoms with Crippen molar-refractivity contribution >= 4 is 5.91 Å². The van der Waals surface area contributed by atoms with E-state index in [1.54, 1.807) is 4.90 Å². The van der Waals surface area contributed by atoms with Gasteiger partial charge in [0.2, 0.25) is 17.6 Å². The van der Waals surface area contributed by atoms with Crippen molar-refractivity contribution in [2.24, 2.45) is 0 Å². The summed E-state index contributed by atoms with van der Waals surface area (Å²) in [5.41, 5.74) is 1.02. The van der Waals surface area contributed by atoms with Crippen molar-refractivity contribution in [1.29, 1.82) is 0 Å². The molecule has 0 saturated carbocycles. The molecule has 4 rings (SSSR count). The molecule has 1 saturated heterocycles. The van der Waals surface area contributed by atoms with Crippen molar-refractivity contribution in [3.05, 3.63) is 53.7 Å². The molecule has 1 amide bonds. The standard InChI is InChI=1S/C20H21F3N6O2/c1-14-2-4-15(5-3-14)19-24-17(31-26-19)12-27-8-10-28(11-9-27)18(30)13-29-7-6-16(25-29)20(21,22)23/h2-7H,8-13H2,1H3. The molecule has 164 valence electrons. The first-order valence-electron chi connectivity index (χ1n) is 9.78. The first kappa shape index (κ1) is 21.0. The fourth-order valence-electron chi connectivity index (χ4n) is 3.33. The van der Waals surface area contributed by atoms with Gasteiger partial charge in [-0.15, -0.1) is 0 Å². The monoisotopic (exact) mass is 434 g/mol. The van der Waals surface area contributed by atoms with Gasteiger partial charge < -0.3 is 9.42 Å². The van der Waals surface area contributed by atoms with E-state index in [2.05, 4.69) is 20.1 Å². The molecule has 0 N–H and O–H groups in total. The Bertz CT molecular complexity index is 1040. The predicted molar refractivity (Wildman–Crippen MR) is 104 cm³/mol. The predicted octanol–water partition coefficient (Wildman–Crippen LogP) is 2.60. The SMILES string of the molecule is Cc1ccc(-c2noc(CN3CCN(C(=O)Cn4ccc(C(F)(F)F)n4)CC3)n2)cc1. The average molecular weight is 434 g/mol. The minimum absolute atomic E-state index is 0.223. The van der Waals surface area contributed by atoms with Gasteiger partial charge in [0.25, 0.3) is 0 Å². The molecule has 8 nitrogen and oxygen atoms in total. The Morgan fingerprint density at radius 3 is 2.45 bits per heavy atom. The van der Waals surface area contributed by atoms with Crippen molar-refractivity contribution < 1.29 is 22.5 Å². The molecule has 0 bridgehead atoms. The first-order valence-corrected chi connectivity index (χ1v) is 9.78. The summed E-state index contributed by atoms with van der Waals surface area (Å²) in [4.78, 5) is 20.5. The molecule has 11 heteroatoms. The van der Waals surface area contributed by atoms with Gasteiger partial charge in [-0.3, -0.25) is 14.4 Å². The van der Waals surface area contributed by atoms with Gasteiger partial charge in [0, 0.05) is 37.9 Å². The van der Waals surface area contributed by atoms with E-state index >= 15 is 0 Å². The highest BCUT2D eigenvalue weighted by molar-refractivity contribution is 5.76. The number of hydrogen-bond donors (Lipinski definition) is 0. The van der Waals surface area contributed by atoms with Gasteiger partial charge in [0.15, 0.2) is 5.69 Å². The lowest BCUT2D eigenvalue weighted by Crippen LogP contribution is -2.49. The molecule has 0 radical (unpaired) electrons. The van der Waals surface area contributed by atoms with E-state index in [1.165, 1.54) is 0 Å². The van der Waals surface area contributed by atoms with Crippen molar-refractivity contribution in [2.75, 3.05) is 26.2 Å². The van der Waals surface area contributed by atoms with Gasteiger partial charge in [-0.1, -0.05) is 35.0 Å². The summed E-state index contributed by atoms with van der Waals surface area (Å²) in [7, 11) is 0. The molecule has 31 heavy (non-hydrogen) atoms. The number of hydrogen-bond acceptors (Lipinski definition) is 6. The van der Waals surface area contributed by atoms with E-state index < -0.39 is 11.9 Å². The molecule has 0 atom stereocenters. The molecule has 3 aromatic rings. The Labute approximate surface area is 176 Å². The largest absolute Gasteiger partial charge is 0.435 e. The summed E-state index contributed by atoms with van der Waals surface area (Å²) in [6.45, 7) is 4.37. The highest BCUT2D eigenvalue weighted by Crippen LogP contribution is 2.27. The van der Waals surface area contributed by atoms with E-state index in [-0.39, 0.29) is 12.5 Å². The van der Waals surface area contributed by atoms with E-state index in [0.717, 1.165) is 28.1 Å². The maximum absolute atomic E-state index is 12.6. The second kappa shape index (κ2) is 8.50. The molecule has 1 aliphatic rings. The number of benzene rings is 1. The van der Waals surface area contributed by atoms with Gasteiger partial charge in [-0.25, -0.2) is 0 Å². The summed E-state index contributed by atoms with van der Waals surface area (Å²) in [5, 5.41) is 7.45. The summed E-state index contributed by atoms with van der Waals surface area (Å²) in [5.74, 6) is 0.753. The molecule has 2 aromatic heterocycles. The van der Waals surface area contributed by atoms with Crippen LogP contribution in [-0.4, -0.2) is 61.8 Å². The first-order chi connectivity index (χ1) is 14.8. The number of aromatic nitrogens is 4. The van der Waals surface area contributed by atoms with Crippen LogP contribution in [0.2, 0.25) is 0 Å². The quantitative estimate of drug-likeness (QED) is 0.614. The second-order valence-corrected chi connectivity index (χ2v) is 7.43. The van der Waals surface area contributed by atoms with Crippen LogP contribution in [-0.2, 0) is 24.1 Å². The fourth-order valence-corrected chi connectivity index (χ4v) is 3.33. The number of carbonyl (C=O) groups excluding carboxylic acids is 1. The lowest BCUT2D eigenvalue weighted by Gasteiger charge is -2.33. The Kier molecular flexibility index (Phi) is 5.77. The Hall–Kier alpha value is -3.21. The fraction of sp³-hybridized carbons (Fsp3) is 0.400. The van der Waals surface area contributed by atoms with Crippen molar-refractivity contribution in [3.8, 4) is 11.4 Å². The van der Waals surface area contributed by atoms with Gasteiger partial charge in [0.1, 0.15) is 6.54 Å². The third-order valence-corrected chi connectivity index (χ3v) is 5.09. The topological polar surface area (TPSA) is 80.3 Å². The number of halogens is 3. The van der Waals surface area contributed by atoms with E-state index in [1.807, 2.05) is 31.2 Å². The van der Waals surface area contributed by atoms with Gasteiger partial charge >= 0.3 is 6.18 Å². The molecule has 1 aromatic carbocycles. The van der Waals surface area contributed by atoms with Gasteiger partial charge in [-0.05, 0) is 13.0 Å². The van der Waals surface area contributed by atoms with Crippen molar-refractivity contribution in [1.82, 2.24) is 29.7 Å². The molecule has 0 unspecified atom stereocenters. The van der Waals surface area contributed by atoms with Crippen LogP contribution < -0.4 is 0 Å². The lowest BCUT2D eigenvalue weighted by molar-refractivity contribution is -0.142. The summed E-state index contributed by atoms with van der Waals surface area (Å²) >= 11 is 0. The Morgan fingerprint density at radius 2 is 1.81 bits per heavy atom. The van der Waals surface area contributed by atoms with Gasteiger partial charge in [0.05, 0.1) is 6.54 Å². The number of alkyl halides is 3. The zero-order valence-electron chi connectivity index (χ0n) is 16.8. The smallest absolute Gasteiger partial charge is 0.339 e. The third kappa shape index (κ3) is 5.10. The molecular weight excluding hydrogens is 413 g/mol. The normalized spacial score (nSPS) is 15.4. The Balaban J connectivity index is 1.27. The number of nitrogens with zero attached hydrogens (tertiary/aromatic N) is 6. The van der Waals surface area contributed by atoms with E-state index in [9.17, 15) is 18.0 Å². The summed E-state index contributed by atoms with van der Waals surface area (Å²) in [6, 6.07) is 8.70. The van der Waals surface area contributed by atoms with Crippen LogP contribution in [0, 0.1) is 6.92 Å². The third-order valence-electron chi connectivity index (χ3n) is 5.09. The molecule has 3 heterocycles. The van der Waals surface area contributed by atoms with Crippen LogP contribution >= 0.6 is 0 Å². The minimum atomic E-state index is -4.52. The van der Waals surface area contributed by atoms with Crippen molar-refractivity contribution in [2.45, 2.75) is 26.2 Å². The maximum atomic E-state index is 12.6. The molecular formula is C20H21F3N6O2. The summed E-state index contributed by atoms with van der Waals surface area (Å²) < 4.78 is 44.3. The molecule has 0 aliphatic carbocycles. The van der Waals surface area contributed by atoms with Crippen LogP contribution in [0.25, 0.3) is 11.4 Å². The van der Waals surface area contributed by atoms with Crippen LogP contribution in [0.3, 0.4) is 0 Å². The molecule has 1 aliphatic heterocycles. The van der Waals surface area contributed by atoms with Gasteiger partial charge in [-0.2, -0.15) is 23.3 Å². The van der Waals surface area contributed by atoms with Crippen LogP contribution in [0.1, 0.15) is 17.1 Å². The molecule has 1 fully saturated rings. The minimum Gasteiger partial charge on any atom is -0.339 e.